The van der Waals surface area contributed by atoms with Crippen LogP contribution < -0.4 is 10.7 Å². The van der Waals surface area contributed by atoms with Crippen LogP contribution in [0.5, 0.6) is 0 Å². The fourth-order valence-corrected chi connectivity index (χ4v) is 4.48. The quantitative estimate of drug-likeness (QED) is 0.638. The molecule has 1 saturated heterocycles. The third-order valence-corrected chi connectivity index (χ3v) is 6.19. The van der Waals surface area contributed by atoms with E-state index in [0.717, 1.165) is 30.6 Å². The number of carbonyl (C=O) groups excluding carboxylic acids is 1. The Balaban J connectivity index is 1.56. The number of aryl methyl sites for hydroxylation is 3. The summed E-state index contributed by atoms with van der Waals surface area (Å²) < 4.78 is 5.86. The van der Waals surface area contributed by atoms with E-state index in [1.165, 1.54) is 30.0 Å². The Bertz CT molecular complexity index is 1140. The van der Waals surface area contributed by atoms with Gasteiger partial charge in [-0.05, 0) is 74.5 Å². The SMILES string of the molecule is CCc1ccc(C(CNC(=O)c2cc(=O)c3cc(C)cc(C)c3o2)N2CCCC2)cc1. The van der Waals surface area contributed by atoms with Crippen molar-refractivity contribution in [2.45, 2.75) is 46.1 Å². The number of nitrogens with one attached hydrogen (secondary N) is 1. The van der Waals surface area contributed by atoms with Gasteiger partial charge in [-0.3, -0.25) is 14.5 Å². The first-order valence-corrected chi connectivity index (χ1v) is 11.1. The van der Waals surface area contributed by atoms with Gasteiger partial charge < -0.3 is 9.73 Å². The van der Waals surface area contributed by atoms with Crippen LogP contribution in [0.15, 0.2) is 51.7 Å². The van der Waals surface area contributed by atoms with Crippen molar-refractivity contribution in [3.63, 3.8) is 0 Å². The molecule has 1 unspecified atom stereocenters. The van der Waals surface area contributed by atoms with Crippen LogP contribution in [0.2, 0.25) is 0 Å². The summed E-state index contributed by atoms with van der Waals surface area (Å²) in [6.45, 7) is 8.51. The van der Waals surface area contributed by atoms with Crippen molar-refractivity contribution in [3.8, 4) is 0 Å². The van der Waals surface area contributed by atoms with Crippen molar-refractivity contribution in [1.82, 2.24) is 10.2 Å². The van der Waals surface area contributed by atoms with Crippen LogP contribution in [0.3, 0.4) is 0 Å². The molecule has 0 radical (unpaired) electrons. The van der Waals surface area contributed by atoms with Crippen LogP contribution in [-0.2, 0) is 6.42 Å². The summed E-state index contributed by atoms with van der Waals surface area (Å²) in [5.74, 6) is -0.292. The lowest BCUT2D eigenvalue weighted by Gasteiger charge is -2.28. The van der Waals surface area contributed by atoms with Crippen LogP contribution in [0.25, 0.3) is 11.0 Å². The number of benzene rings is 2. The second-order valence-corrected chi connectivity index (χ2v) is 8.50. The summed E-state index contributed by atoms with van der Waals surface area (Å²) in [6.07, 6.45) is 3.36. The molecule has 0 saturated carbocycles. The number of hydrogen-bond acceptors (Lipinski definition) is 4. The monoisotopic (exact) mass is 418 g/mol. The van der Waals surface area contributed by atoms with E-state index in [-0.39, 0.29) is 23.1 Å². The van der Waals surface area contributed by atoms with E-state index >= 15 is 0 Å². The molecule has 1 amide bonds. The average molecular weight is 419 g/mol. The average Bonchev–Trinajstić information content (AvgIpc) is 3.29. The highest BCUT2D eigenvalue weighted by molar-refractivity contribution is 5.93. The molecule has 1 aliphatic heterocycles. The highest BCUT2D eigenvalue weighted by atomic mass is 16.3. The lowest BCUT2D eigenvalue weighted by atomic mass is 10.0. The predicted octanol–water partition coefficient (Wildman–Crippen LogP) is 4.54. The Morgan fingerprint density at radius 3 is 2.48 bits per heavy atom. The third kappa shape index (κ3) is 4.57. The largest absolute Gasteiger partial charge is 0.450 e. The topological polar surface area (TPSA) is 62.6 Å². The van der Waals surface area contributed by atoms with Gasteiger partial charge in [0.2, 0.25) is 0 Å². The van der Waals surface area contributed by atoms with Gasteiger partial charge in [0, 0.05) is 12.6 Å². The standard InChI is InChI=1S/C26H30N2O3/c1-4-19-7-9-20(10-8-19)22(28-11-5-6-12-28)16-27-26(30)24-15-23(29)21-14-17(2)13-18(3)25(21)31-24/h7-10,13-15,22H,4-6,11-12,16H2,1-3H3,(H,27,30). The van der Waals surface area contributed by atoms with Gasteiger partial charge >= 0.3 is 0 Å². The van der Waals surface area contributed by atoms with E-state index in [9.17, 15) is 9.59 Å². The maximum Gasteiger partial charge on any atom is 0.287 e. The maximum absolute atomic E-state index is 12.9. The molecule has 1 aromatic heterocycles. The molecule has 162 valence electrons. The zero-order valence-electron chi connectivity index (χ0n) is 18.5. The fourth-order valence-electron chi connectivity index (χ4n) is 4.48. The summed E-state index contributed by atoms with van der Waals surface area (Å²) >= 11 is 0. The van der Waals surface area contributed by atoms with Gasteiger partial charge in [0.25, 0.3) is 5.91 Å². The van der Waals surface area contributed by atoms with E-state index in [1.54, 1.807) is 6.07 Å². The van der Waals surface area contributed by atoms with E-state index in [0.29, 0.717) is 17.5 Å². The molecule has 3 aromatic rings. The third-order valence-electron chi connectivity index (χ3n) is 6.19. The summed E-state index contributed by atoms with van der Waals surface area (Å²) in [5, 5.41) is 3.53. The van der Waals surface area contributed by atoms with E-state index in [2.05, 4.69) is 41.4 Å². The van der Waals surface area contributed by atoms with Gasteiger partial charge in [-0.2, -0.15) is 0 Å². The molecule has 5 heteroatoms. The molecule has 31 heavy (non-hydrogen) atoms. The van der Waals surface area contributed by atoms with Gasteiger partial charge in [0.15, 0.2) is 11.2 Å². The van der Waals surface area contributed by atoms with Crippen molar-refractivity contribution in [2.75, 3.05) is 19.6 Å². The summed E-state index contributed by atoms with van der Waals surface area (Å²) in [6, 6.07) is 13.8. The number of amides is 1. The number of nitrogens with zero attached hydrogens (tertiary/aromatic N) is 1. The highest BCUT2D eigenvalue weighted by Crippen LogP contribution is 2.25. The minimum absolute atomic E-state index is 0.0611. The fraction of sp³-hybridized carbons (Fsp3) is 0.385. The number of hydrogen-bond donors (Lipinski definition) is 1. The zero-order valence-corrected chi connectivity index (χ0v) is 18.5. The molecular formula is C26H30N2O3. The Morgan fingerprint density at radius 1 is 1.10 bits per heavy atom. The van der Waals surface area contributed by atoms with Crippen LogP contribution in [0.4, 0.5) is 0 Å². The van der Waals surface area contributed by atoms with Gasteiger partial charge in [0.05, 0.1) is 11.4 Å². The molecule has 0 spiro atoms. The lowest BCUT2D eigenvalue weighted by Crippen LogP contribution is -2.37. The van der Waals surface area contributed by atoms with E-state index < -0.39 is 0 Å². The number of carbonyl (C=O) groups is 1. The van der Waals surface area contributed by atoms with Crippen LogP contribution in [0.1, 0.15) is 58.6 Å². The normalized spacial score (nSPS) is 15.3. The molecule has 2 aromatic carbocycles. The number of fused-ring (bicyclic) bond motifs is 1. The van der Waals surface area contributed by atoms with Gasteiger partial charge in [0.1, 0.15) is 5.58 Å². The van der Waals surface area contributed by atoms with Gasteiger partial charge in [-0.15, -0.1) is 0 Å². The molecule has 5 nitrogen and oxygen atoms in total. The number of rotatable bonds is 6. The Hall–Kier alpha value is -2.92. The summed E-state index contributed by atoms with van der Waals surface area (Å²) in [5.41, 5.74) is 4.64. The molecule has 2 heterocycles. The lowest BCUT2D eigenvalue weighted by molar-refractivity contribution is 0.0910. The van der Waals surface area contributed by atoms with Crippen molar-refractivity contribution >= 4 is 16.9 Å². The first-order chi connectivity index (χ1) is 15.0. The molecule has 1 fully saturated rings. The smallest absolute Gasteiger partial charge is 0.287 e. The van der Waals surface area contributed by atoms with Crippen LogP contribution >= 0.6 is 0 Å². The van der Waals surface area contributed by atoms with E-state index in [1.807, 2.05) is 19.9 Å². The van der Waals surface area contributed by atoms with E-state index in [4.69, 9.17) is 4.42 Å². The summed E-state index contributed by atoms with van der Waals surface area (Å²) in [4.78, 5) is 27.9. The molecule has 1 atom stereocenters. The Kier molecular flexibility index (Phi) is 6.23. The van der Waals surface area contributed by atoms with Crippen LogP contribution in [-0.4, -0.2) is 30.4 Å². The molecular weight excluding hydrogens is 388 g/mol. The molecule has 1 aliphatic rings. The van der Waals surface area contributed by atoms with Crippen molar-refractivity contribution in [1.29, 1.82) is 0 Å². The Labute approximate surface area is 183 Å². The summed E-state index contributed by atoms with van der Waals surface area (Å²) in [7, 11) is 0. The zero-order chi connectivity index (χ0) is 22.0. The first-order valence-electron chi connectivity index (χ1n) is 11.1. The molecule has 0 aliphatic carbocycles. The van der Waals surface area contributed by atoms with Gasteiger partial charge in [-0.1, -0.05) is 37.3 Å². The van der Waals surface area contributed by atoms with Crippen molar-refractivity contribution < 1.29 is 9.21 Å². The second-order valence-electron chi connectivity index (χ2n) is 8.50. The first kappa shape index (κ1) is 21.3. The molecule has 1 N–H and O–H groups in total. The van der Waals surface area contributed by atoms with Crippen molar-refractivity contribution in [2.24, 2.45) is 0 Å². The number of likely N-dealkylation sites (tertiary alicyclic amines) is 1. The molecule has 4 rings (SSSR count). The second kappa shape index (κ2) is 9.06. The maximum atomic E-state index is 12.9. The molecule has 0 bridgehead atoms. The van der Waals surface area contributed by atoms with Crippen molar-refractivity contribution in [3.05, 3.63) is 80.7 Å². The predicted molar refractivity (Wildman–Crippen MR) is 124 cm³/mol. The van der Waals surface area contributed by atoms with Gasteiger partial charge in [-0.25, -0.2) is 0 Å². The minimum Gasteiger partial charge on any atom is -0.450 e. The van der Waals surface area contributed by atoms with Crippen LogP contribution in [0, 0.1) is 13.8 Å². The highest BCUT2D eigenvalue weighted by Gasteiger charge is 2.25. The Morgan fingerprint density at radius 2 is 1.81 bits per heavy atom. The minimum atomic E-state index is -0.353.